The maximum atomic E-state index is 10.9. The van der Waals surface area contributed by atoms with Gasteiger partial charge in [-0.2, -0.15) is 0 Å². The van der Waals surface area contributed by atoms with Gasteiger partial charge in [-0.25, -0.2) is 8.42 Å². The van der Waals surface area contributed by atoms with Crippen molar-refractivity contribution in [3.05, 3.63) is 0 Å². The fourth-order valence-corrected chi connectivity index (χ4v) is 3.66. The van der Waals surface area contributed by atoms with Crippen molar-refractivity contribution in [3.8, 4) is 0 Å². The molecule has 2 fully saturated rings. The predicted octanol–water partition coefficient (Wildman–Crippen LogP) is -1.23. The number of nitrogens with one attached hydrogen (secondary N) is 1. The molecule has 1 N–H and O–H groups in total. The van der Waals surface area contributed by atoms with E-state index in [0.717, 1.165) is 6.54 Å². The van der Waals surface area contributed by atoms with Gasteiger partial charge in [-0.05, 0) is 0 Å². The van der Waals surface area contributed by atoms with Crippen LogP contribution < -0.4 is 5.32 Å². The summed E-state index contributed by atoms with van der Waals surface area (Å²) >= 11 is 0. The van der Waals surface area contributed by atoms with E-state index in [-0.39, 0.29) is 17.0 Å². The Labute approximate surface area is 65.8 Å². The quantitative estimate of drug-likeness (QED) is 0.503. The molecule has 4 nitrogen and oxygen atoms in total. The van der Waals surface area contributed by atoms with E-state index >= 15 is 0 Å². The molecule has 1 spiro atoms. The Bertz CT molecular complexity index is 239. The number of sulfone groups is 1. The first-order valence-corrected chi connectivity index (χ1v) is 5.47. The molecule has 0 aromatic carbocycles. The SMILES string of the molecule is O=S1(=O)CC2(COCCN2)C1. The highest BCUT2D eigenvalue weighted by Crippen LogP contribution is 2.25. The first-order valence-electron chi connectivity index (χ1n) is 3.65. The molecular formula is C6H11NO3S. The zero-order valence-electron chi connectivity index (χ0n) is 6.17. The van der Waals surface area contributed by atoms with Crippen molar-refractivity contribution < 1.29 is 13.2 Å². The smallest absolute Gasteiger partial charge is 0.154 e. The van der Waals surface area contributed by atoms with Gasteiger partial charge in [-0.3, -0.25) is 0 Å². The van der Waals surface area contributed by atoms with Crippen molar-refractivity contribution in [3.63, 3.8) is 0 Å². The van der Waals surface area contributed by atoms with Gasteiger partial charge >= 0.3 is 0 Å². The molecule has 0 saturated carbocycles. The van der Waals surface area contributed by atoms with Crippen molar-refractivity contribution in [2.75, 3.05) is 31.3 Å². The van der Waals surface area contributed by atoms with E-state index in [1.54, 1.807) is 0 Å². The lowest BCUT2D eigenvalue weighted by Crippen LogP contribution is -2.69. The Morgan fingerprint density at radius 2 is 2.09 bits per heavy atom. The lowest BCUT2D eigenvalue weighted by molar-refractivity contribution is 0.0401. The molecule has 0 bridgehead atoms. The molecular weight excluding hydrogens is 166 g/mol. The summed E-state index contributed by atoms with van der Waals surface area (Å²) in [5.74, 6) is 0.500. The molecule has 0 aromatic rings. The lowest BCUT2D eigenvalue weighted by Gasteiger charge is -2.44. The normalized spacial score (nSPS) is 33.1. The van der Waals surface area contributed by atoms with Gasteiger partial charge in [0.1, 0.15) is 0 Å². The number of rotatable bonds is 0. The van der Waals surface area contributed by atoms with Crippen molar-refractivity contribution in [1.82, 2.24) is 5.32 Å². The van der Waals surface area contributed by atoms with Crippen LogP contribution >= 0.6 is 0 Å². The molecule has 0 atom stereocenters. The van der Waals surface area contributed by atoms with Crippen LogP contribution in [-0.4, -0.2) is 45.2 Å². The molecule has 0 radical (unpaired) electrons. The Morgan fingerprint density at radius 1 is 1.36 bits per heavy atom. The maximum absolute atomic E-state index is 10.9. The first kappa shape index (κ1) is 7.52. The number of hydrogen-bond donors (Lipinski definition) is 1. The van der Waals surface area contributed by atoms with Crippen molar-refractivity contribution in [2.45, 2.75) is 5.54 Å². The van der Waals surface area contributed by atoms with Crippen LogP contribution in [0.25, 0.3) is 0 Å². The Kier molecular flexibility index (Phi) is 1.49. The van der Waals surface area contributed by atoms with Crippen LogP contribution in [0.3, 0.4) is 0 Å². The van der Waals surface area contributed by atoms with Gasteiger partial charge in [0, 0.05) is 6.54 Å². The van der Waals surface area contributed by atoms with E-state index in [1.165, 1.54) is 0 Å². The lowest BCUT2D eigenvalue weighted by atomic mass is 10.0. The molecule has 2 rings (SSSR count). The third-order valence-corrected chi connectivity index (χ3v) is 4.10. The number of morpholine rings is 1. The minimum absolute atomic E-state index is 0.225. The summed E-state index contributed by atoms with van der Waals surface area (Å²) in [6.45, 7) is 2.02. The van der Waals surface area contributed by atoms with Crippen LogP contribution in [-0.2, 0) is 14.6 Å². The minimum atomic E-state index is -2.73. The maximum Gasteiger partial charge on any atom is 0.154 e. The average molecular weight is 177 g/mol. The molecule has 2 aliphatic heterocycles. The molecule has 64 valence electrons. The first-order chi connectivity index (χ1) is 5.12. The van der Waals surface area contributed by atoms with Crippen molar-refractivity contribution >= 4 is 9.84 Å². The van der Waals surface area contributed by atoms with E-state index < -0.39 is 9.84 Å². The van der Waals surface area contributed by atoms with Gasteiger partial charge in [0.05, 0.1) is 30.3 Å². The van der Waals surface area contributed by atoms with E-state index in [0.29, 0.717) is 13.2 Å². The molecule has 2 heterocycles. The summed E-state index contributed by atoms with van der Waals surface area (Å²) in [6.07, 6.45) is 0. The second-order valence-electron chi connectivity index (χ2n) is 3.29. The fourth-order valence-electron chi connectivity index (χ4n) is 1.69. The summed E-state index contributed by atoms with van der Waals surface area (Å²) in [4.78, 5) is 0. The highest BCUT2D eigenvalue weighted by Gasteiger charge is 2.49. The van der Waals surface area contributed by atoms with E-state index in [9.17, 15) is 8.42 Å². The third kappa shape index (κ3) is 1.28. The van der Waals surface area contributed by atoms with E-state index in [4.69, 9.17) is 4.74 Å². The third-order valence-electron chi connectivity index (χ3n) is 2.12. The summed E-state index contributed by atoms with van der Waals surface area (Å²) in [5.41, 5.74) is -0.225. The predicted molar refractivity (Wildman–Crippen MR) is 40.2 cm³/mol. The summed E-state index contributed by atoms with van der Waals surface area (Å²) in [6, 6.07) is 0. The van der Waals surface area contributed by atoms with Crippen molar-refractivity contribution in [1.29, 1.82) is 0 Å². The second kappa shape index (κ2) is 2.18. The van der Waals surface area contributed by atoms with Crippen LogP contribution in [0, 0.1) is 0 Å². The van der Waals surface area contributed by atoms with Crippen molar-refractivity contribution in [2.24, 2.45) is 0 Å². The monoisotopic (exact) mass is 177 g/mol. The molecule has 2 saturated heterocycles. The van der Waals surface area contributed by atoms with Crippen LogP contribution in [0.15, 0.2) is 0 Å². The Morgan fingerprint density at radius 3 is 2.55 bits per heavy atom. The van der Waals surface area contributed by atoms with Gasteiger partial charge in [0.15, 0.2) is 9.84 Å². The Hall–Kier alpha value is -0.130. The zero-order chi connectivity index (χ0) is 7.95. The molecule has 5 heteroatoms. The van der Waals surface area contributed by atoms with Gasteiger partial charge in [-0.1, -0.05) is 0 Å². The molecule has 0 amide bonds. The standard InChI is InChI=1S/C6H11NO3S/c8-11(9)4-6(5-11)3-10-2-1-7-6/h7H,1-5H2. The summed E-state index contributed by atoms with van der Waals surface area (Å²) in [5, 5.41) is 3.18. The van der Waals surface area contributed by atoms with Crippen LogP contribution in [0.1, 0.15) is 0 Å². The number of ether oxygens (including phenoxy) is 1. The second-order valence-corrected chi connectivity index (χ2v) is 5.36. The molecule has 0 aromatic heterocycles. The molecule has 11 heavy (non-hydrogen) atoms. The molecule has 0 unspecified atom stereocenters. The van der Waals surface area contributed by atoms with Gasteiger partial charge in [0.2, 0.25) is 0 Å². The van der Waals surface area contributed by atoms with Crippen LogP contribution in [0.2, 0.25) is 0 Å². The number of hydrogen-bond acceptors (Lipinski definition) is 4. The highest BCUT2D eigenvalue weighted by atomic mass is 32.2. The van der Waals surface area contributed by atoms with Gasteiger partial charge in [0.25, 0.3) is 0 Å². The van der Waals surface area contributed by atoms with Gasteiger partial charge in [-0.15, -0.1) is 0 Å². The molecule has 2 aliphatic rings. The van der Waals surface area contributed by atoms with E-state index in [2.05, 4.69) is 5.32 Å². The Balaban J connectivity index is 2.05. The zero-order valence-corrected chi connectivity index (χ0v) is 6.99. The largest absolute Gasteiger partial charge is 0.378 e. The molecule has 0 aliphatic carbocycles. The van der Waals surface area contributed by atoms with Gasteiger partial charge < -0.3 is 10.1 Å². The van der Waals surface area contributed by atoms with Crippen LogP contribution in [0.5, 0.6) is 0 Å². The minimum Gasteiger partial charge on any atom is -0.378 e. The fraction of sp³-hybridized carbons (Fsp3) is 1.00. The highest BCUT2D eigenvalue weighted by molar-refractivity contribution is 7.93. The topological polar surface area (TPSA) is 55.4 Å². The van der Waals surface area contributed by atoms with E-state index in [1.807, 2.05) is 0 Å². The summed E-state index contributed by atoms with van der Waals surface area (Å²) in [7, 11) is -2.73. The average Bonchev–Trinajstić information content (AvgIpc) is 1.85. The summed E-state index contributed by atoms with van der Waals surface area (Å²) < 4.78 is 26.9. The van der Waals surface area contributed by atoms with Crippen LogP contribution in [0.4, 0.5) is 0 Å².